The Morgan fingerprint density at radius 1 is 1.03 bits per heavy atom. The van der Waals surface area contributed by atoms with Crippen LogP contribution in [0.1, 0.15) is 11.1 Å². The minimum Gasteiger partial charge on any atom is -0.548 e. The highest BCUT2D eigenvalue weighted by Crippen LogP contribution is 2.33. The molecular formula is C28H24NO6S-. The van der Waals surface area contributed by atoms with Gasteiger partial charge in [-0.15, -0.1) is 0 Å². The van der Waals surface area contributed by atoms with Crippen molar-refractivity contribution in [1.82, 2.24) is 5.32 Å². The zero-order valence-corrected chi connectivity index (χ0v) is 20.4. The van der Waals surface area contributed by atoms with Crippen LogP contribution in [0.5, 0.6) is 5.75 Å². The summed E-state index contributed by atoms with van der Waals surface area (Å²) in [6, 6.07) is 22.9. The van der Waals surface area contributed by atoms with E-state index in [0.29, 0.717) is 22.6 Å². The van der Waals surface area contributed by atoms with Gasteiger partial charge < -0.3 is 24.4 Å². The van der Waals surface area contributed by atoms with Crippen molar-refractivity contribution in [3.63, 3.8) is 0 Å². The van der Waals surface area contributed by atoms with Crippen molar-refractivity contribution >= 4 is 34.6 Å². The van der Waals surface area contributed by atoms with Crippen molar-refractivity contribution in [1.29, 1.82) is 0 Å². The molecule has 3 aromatic carbocycles. The fourth-order valence-corrected chi connectivity index (χ4v) is 4.77. The summed E-state index contributed by atoms with van der Waals surface area (Å²) in [7, 11) is 0. The molecule has 1 heterocycles. The first-order valence-electron chi connectivity index (χ1n) is 11.3. The molecule has 8 heteroatoms. The molecule has 1 amide bonds. The molecule has 0 unspecified atom stereocenters. The molecule has 0 bridgehead atoms. The summed E-state index contributed by atoms with van der Waals surface area (Å²) < 4.78 is 11.1. The van der Waals surface area contributed by atoms with E-state index < -0.39 is 30.2 Å². The number of benzene rings is 3. The monoisotopic (exact) mass is 502 g/mol. The lowest BCUT2D eigenvalue weighted by molar-refractivity contribution is -0.307. The van der Waals surface area contributed by atoms with Crippen molar-refractivity contribution in [3.05, 3.63) is 100 Å². The van der Waals surface area contributed by atoms with Gasteiger partial charge in [0.2, 0.25) is 0 Å². The van der Waals surface area contributed by atoms with Gasteiger partial charge in [0.25, 0.3) is 5.91 Å². The molecule has 0 aliphatic carbocycles. The van der Waals surface area contributed by atoms with Gasteiger partial charge in [-0.05, 0) is 35.7 Å². The molecule has 0 aliphatic heterocycles. The van der Waals surface area contributed by atoms with Crippen molar-refractivity contribution in [2.45, 2.75) is 18.7 Å². The SMILES string of the molecule is Cc1c(OCC(=O)N[C@@H](CSCc2ccccc2)C(=O)[O-])ccc2c(-c3ccccc3)cc(=O)oc12. The average molecular weight is 503 g/mol. The van der Waals surface area contributed by atoms with Crippen LogP contribution in [-0.2, 0) is 15.3 Å². The van der Waals surface area contributed by atoms with Gasteiger partial charge in [-0.1, -0.05) is 60.7 Å². The van der Waals surface area contributed by atoms with E-state index in [4.69, 9.17) is 9.15 Å². The van der Waals surface area contributed by atoms with Crippen LogP contribution in [0.15, 0.2) is 88.1 Å². The number of aryl methyl sites for hydroxylation is 1. The normalized spacial score (nSPS) is 11.7. The molecular weight excluding hydrogens is 478 g/mol. The Balaban J connectivity index is 1.42. The first-order chi connectivity index (χ1) is 17.4. The number of thioether (sulfide) groups is 1. The number of carbonyl (C=O) groups is 2. The van der Waals surface area contributed by atoms with Crippen molar-refractivity contribution in [3.8, 4) is 16.9 Å². The lowest BCUT2D eigenvalue weighted by atomic mass is 10.0. The number of aliphatic carboxylic acids is 1. The summed E-state index contributed by atoms with van der Waals surface area (Å²) in [6.45, 7) is 1.33. The van der Waals surface area contributed by atoms with Gasteiger partial charge in [0, 0.05) is 28.5 Å². The molecule has 1 atom stereocenters. The van der Waals surface area contributed by atoms with Crippen molar-refractivity contribution in [2.24, 2.45) is 0 Å². The van der Waals surface area contributed by atoms with E-state index in [9.17, 15) is 19.5 Å². The predicted molar refractivity (Wildman–Crippen MR) is 138 cm³/mol. The summed E-state index contributed by atoms with van der Waals surface area (Å²) >= 11 is 1.39. The highest BCUT2D eigenvalue weighted by Gasteiger charge is 2.17. The summed E-state index contributed by atoms with van der Waals surface area (Å²) in [4.78, 5) is 36.2. The van der Waals surface area contributed by atoms with Gasteiger partial charge in [-0.2, -0.15) is 11.8 Å². The topological polar surface area (TPSA) is 109 Å². The summed E-state index contributed by atoms with van der Waals surface area (Å²) in [5.41, 5.74) is 3.10. The third-order valence-corrected chi connectivity index (χ3v) is 6.68. The molecule has 0 saturated carbocycles. The number of carboxylic acid groups (broad SMARTS) is 1. The maximum absolute atomic E-state index is 12.4. The summed E-state index contributed by atoms with van der Waals surface area (Å²) in [6.07, 6.45) is 0. The summed E-state index contributed by atoms with van der Waals surface area (Å²) in [5, 5.41) is 14.7. The maximum Gasteiger partial charge on any atom is 0.336 e. The zero-order chi connectivity index (χ0) is 25.5. The van der Waals surface area contributed by atoms with Gasteiger partial charge in [0.1, 0.15) is 11.3 Å². The Labute approximate surface area is 212 Å². The molecule has 0 fully saturated rings. The first-order valence-corrected chi connectivity index (χ1v) is 12.5. The van der Waals surface area contributed by atoms with Crippen LogP contribution in [0.3, 0.4) is 0 Å². The standard InChI is InChI=1S/C28H25NO6S/c1-18-24(13-12-21-22(14-26(31)35-27(18)21)20-10-6-3-7-11-20)34-15-25(30)29-23(28(32)33)17-36-16-19-8-4-2-5-9-19/h2-14,23H,15-17H2,1H3,(H,29,30)(H,32,33)/p-1/t23-/m0/s1. The van der Waals surface area contributed by atoms with Crippen LogP contribution in [0.25, 0.3) is 22.1 Å². The van der Waals surface area contributed by atoms with Crippen LogP contribution in [-0.4, -0.2) is 30.3 Å². The van der Waals surface area contributed by atoms with Gasteiger partial charge in [0.05, 0.1) is 12.0 Å². The number of hydrogen-bond acceptors (Lipinski definition) is 7. The predicted octanol–water partition coefficient (Wildman–Crippen LogP) is 3.32. The number of carboxylic acids is 1. The van der Waals surface area contributed by atoms with Crippen molar-refractivity contribution in [2.75, 3.05) is 12.4 Å². The minimum absolute atomic E-state index is 0.158. The second-order valence-electron chi connectivity index (χ2n) is 8.14. The third-order valence-electron chi connectivity index (χ3n) is 5.57. The van der Waals surface area contributed by atoms with E-state index in [1.807, 2.05) is 60.7 Å². The van der Waals surface area contributed by atoms with E-state index in [-0.39, 0.29) is 5.75 Å². The van der Waals surface area contributed by atoms with Gasteiger partial charge in [0.15, 0.2) is 6.61 Å². The molecule has 0 saturated heterocycles. The number of nitrogens with one attached hydrogen (secondary N) is 1. The largest absolute Gasteiger partial charge is 0.548 e. The molecule has 184 valence electrons. The molecule has 1 N–H and O–H groups in total. The molecule has 1 aromatic heterocycles. The third kappa shape index (κ3) is 6.14. The Hall–Kier alpha value is -4.04. The molecule has 0 aliphatic rings. The smallest absolute Gasteiger partial charge is 0.336 e. The number of rotatable bonds is 10. The second kappa shape index (κ2) is 11.6. The second-order valence-corrected chi connectivity index (χ2v) is 9.17. The van der Waals surface area contributed by atoms with Gasteiger partial charge in [-0.25, -0.2) is 4.79 Å². The van der Waals surface area contributed by atoms with Crippen LogP contribution in [0.2, 0.25) is 0 Å². The molecule has 4 aromatic rings. The quantitative estimate of drug-likeness (QED) is 0.332. The van der Waals surface area contributed by atoms with Crippen molar-refractivity contribution < 1.29 is 23.8 Å². The van der Waals surface area contributed by atoms with Gasteiger partial charge in [-0.3, -0.25) is 4.79 Å². The Bertz CT molecular complexity index is 1420. The number of fused-ring (bicyclic) bond motifs is 1. The maximum atomic E-state index is 12.4. The van der Waals surface area contributed by atoms with Crippen LogP contribution < -0.4 is 20.8 Å². The van der Waals surface area contributed by atoms with Crippen LogP contribution >= 0.6 is 11.8 Å². The van der Waals surface area contributed by atoms with E-state index in [0.717, 1.165) is 22.1 Å². The highest BCUT2D eigenvalue weighted by molar-refractivity contribution is 7.98. The molecule has 0 radical (unpaired) electrons. The average Bonchev–Trinajstić information content (AvgIpc) is 2.88. The Kier molecular flexibility index (Phi) is 8.07. The highest BCUT2D eigenvalue weighted by atomic mass is 32.2. The molecule has 0 spiro atoms. The van der Waals surface area contributed by atoms with Crippen LogP contribution in [0.4, 0.5) is 0 Å². The summed E-state index contributed by atoms with van der Waals surface area (Å²) in [5.74, 6) is -0.826. The van der Waals surface area contributed by atoms with Gasteiger partial charge >= 0.3 is 5.63 Å². The number of ether oxygens (including phenoxy) is 1. The minimum atomic E-state index is -1.36. The van der Waals surface area contributed by atoms with E-state index in [1.165, 1.54) is 17.8 Å². The Morgan fingerprint density at radius 3 is 2.42 bits per heavy atom. The molecule has 7 nitrogen and oxygen atoms in total. The Morgan fingerprint density at radius 2 is 1.72 bits per heavy atom. The number of hydrogen-bond donors (Lipinski definition) is 1. The van der Waals surface area contributed by atoms with Crippen LogP contribution in [0, 0.1) is 6.92 Å². The lowest BCUT2D eigenvalue weighted by Gasteiger charge is -2.20. The van der Waals surface area contributed by atoms with E-state index in [1.54, 1.807) is 19.1 Å². The zero-order valence-electron chi connectivity index (χ0n) is 19.6. The van der Waals surface area contributed by atoms with E-state index in [2.05, 4.69) is 5.32 Å². The number of carbonyl (C=O) groups excluding carboxylic acids is 2. The lowest BCUT2D eigenvalue weighted by Crippen LogP contribution is -2.50. The first kappa shape index (κ1) is 25.1. The fourth-order valence-electron chi connectivity index (χ4n) is 3.77. The fraction of sp³-hybridized carbons (Fsp3) is 0.179. The molecule has 36 heavy (non-hydrogen) atoms. The van der Waals surface area contributed by atoms with E-state index >= 15 is 0 Å². The number of amides is 1. The molecule has 4 rings (SSSR count).